The van der Waals surface area contributed by atoms with Gasteiger partial charge in [-0.25, -0.2) is 0 Å². The topological polar surface area (TPSA) is 32.3 Å². The van der Waals surface area contributed by atoms with Crippen LogP contribution in [0, 0.1) is 5.92 Å². The number of hydrogen-bond donors (Lipinski definition) is 1. The summed E-state index contributed by atoms with van der Waals surface area (Å²) in [6.07, 6.45) is 0. The van der Waals surface area contributed by atoms with Crippen LogP contribution in [0.25, 0.3) is 0 Å². The molecule has 1 heterocycles. The number of likely N-dealkylation sites (N-methyl/N-ethyl adjacent to an activating group) is 1. The van der Waals surface area contributed by atoms with Gasteiger partial charge in [-0.05, 0) is 29.0 Å². The van der Waals surface area contributed by atoms with E-state index in [0.29, 0.717) is 0 Å². The van der Waals surface area contributed by atoms with Crippen LogP contribution in [0.3, 0.4) is 0 Å². The molecule has 0 bridgehead atoms. The van der Waals surface area contributed by atoms with Gasteiger partial charge < -0.3 is 10.2 Å². The molecule has 1 unspecified atom stereocenters. The lowest BCUT2D eigenvalue weighted by Gasteiger charge is -2.36. The van der Waals surface area contributed by atoms with Gasteiger partial charge in [0, 0.05) is 7.05 Å². The largest absolute Gasteiger partial charge is 0.372 e. The number of hydrogen-bond acceptors (Lipinski definition) is 2. The van der Waals surface area contributed by atoms with E-state index in [1.165, 1.54) is 5.56 Å². The Balaban J connectivity index is 2.46. The number of nitrogens with one attached hydrogen (secondary N) is 1. The average molecular weight is 260 g/mol. The first kappa shape index (κ1) is 13.9. The smallest absolute Gasteiger partial charge is 0.249 e. The van der Waals surface area contributed by atoms with E-state index in [9.17, 15) is 4.79 Å². The van der Waals surface area contributed by atoms with Gasteiger partial charge in [-0.15, -0.1) is 0 Å². The van der Waals surface area contributed by atoms with Crippen LogP contribution >= 0.6 is 0 Å². The van der Waals surface area contributed by atoms with E-state index < -0.39 is 0 Å². The minimum absolute atomic E-state index is 0.115. The SMILES string of the molecule is CC(C)C1Nc2cc(C(C)(C)C)ccc2N(C)C1=O. The summed E-state index contributed by atoms with van der Waals surface area (Å²) in [6.45, 7) is 10.7. The van der Waals surface area contributed by atoms with Gasteiger partial charge in [0.25, 0.3) is 0 Å². The molecule has 104 valence electrons. The summed E-state index contributed by atoms with van der Waals surface area (Å²) in [5.41, 5.74) is 3.43. The zero-order valence-electron chi connectivity index (χ0n) is 12.7. The van der Waals surface area contributed by atoms with E-state index >= 15 is 0 Å². The second-order valence-electron chi connectivity index (χ2n) is 6.75. The van der Waals surface area contributed by atoms with Crippen molar-refractivity contribution in [2.75, 3.05) is 17.3 Å². The molecule has 1 N–H and O–H groups in total. The molecule has 1 aliphatic rings. The van der Waals surface area contributed by atoms with Gasteiger partial charge in [0.1, 0.15) is 6.04 Å². The van der Waals surface area contributed by atoms with Crippen LogP contribution in [0.2, 0.25) is 0 Å². The van der Waals surface area contributed by atoms with Gasteiger partial charge in [-0.2, -0.15) is 0 Å². The van der Waals surface area contributed by atoms with Crippen LogP contribution in [0.5, 0.6) is 0 Å². The average Bonchev–Trinajstić information content (AvgIpc) is 2.31. The van der Waals surface area contributed by atoms with Crippen molar-refractivity contribution >= 4 is 17.3 Å². The zero-order chi connectivity index (χ0) is 14.4. The molecule has 1 aromatic rings. The summed E-state index contributed by atoms with van der Waals surface area (Å²) in [5.74, 6) is 0.424. The Morgan fingerprint density at radius 3 is 2.42 bits per heavy atom. The molecule has 1 aliphatic heterocycles. The third-order valence-electron chi connectivity index (χ3n) is 3.80. The van der Waals surface area contributed by atoms with Crippen molar-refractivity contribution in [2.45, 2.75) is 46.1 Å². The second-order valence-corrected chi connectivity index (χ2v) is 6.75. The summed E-state index contributed by atoms with van der Waals surface area (Å²) in [6, 6.07) is 6.19. The molecule has 0 radical (unpaired) electrons. The van der Waals surface area contributed by atoms with Crippen LogP contribution in [0.4, 0.5) is 11.4 Å². The number of carbonyl (C=O) groups excluding carboxylic acids is 1. The molecule has 0 saturated heterocycles. The lowest BCUT2D eigenvalue weighted by atomic mass is 9.86. The van der Waals surface area contributed by atoms with Crippen molar-refractivity contribution in [1.82, 2.24) is 0 Å². The van der Waals surface area contributed by atoms with Gasteiger partial charge in [0.2, 0.25) is 5.91 Å². The normalized spacial score (nSPS) is 19.4. The fourth-order valence-electron chi connectivity index (χ4n) is 2.42. The molecule has 0 aromatic heterocycles. The molecule has 0 saturated carbocycles. The Labute approximate surface area is 116 Å². The number of benzene rings is 1. The highest BCUT2D eigenvalue weighted by molar-refractivity contribution is 6.04. The first-order valence-corrected chi connectivity index (χ1v) is 6.90. The molecule has 0 fully saturated rings. The summed E-state index contributed by atoms with van der Waals surface area (Å²) in [5, 5.41) is 3.40. The maximum atomic E-state index is 12.3. The standard InChI is InChI=1S/C16H24N2O/c1-10(2)14-15(19)18(6)13-8-7-11(16(3,4)5)9-12(13)17-14/h7-10,14,17H,1-6H3. The van der Waals surface area contributed by atoms with E-state index in [1.54, 1.807) is 4.90 Å². The van der Waals surface area contributed by atoms with Crippen molar-refractivity contribution in [3.05, 3.63) is 23.8 Å². The van der Waals surface area contributed by atoms with Crippen LogP contribution in [-0.4, -0.2) is 19.0 Å². The van der Waals surface area contributed by atoms with Gasteiger partial charge in [0.05, 0.1) is 11.4 Å². The number of rotatable bonds is 1. The van der Waals surface area contributed by atoms with E-state index in [4.69, 9.17) is 0 Å². The van der Waals surface area contributed by atoms with Crippen molar-refractivity contribution in [3.63, 3.8) is 0 Å². The van der Waals surface area contributed by atoms with Crippen LogP contribution in [0.15, 0.2) is 18.2 Å². The predicted molar refractivity (Wildman–Crippen MR) is 80.8 cm³/mol. The Bertz CT molecular complexity index is 500. The highest BCUT2D eigenvalue weighted by atomic mass is 16.2. The Kier molecular flexibility index (Phi) is 3.33. The second kappa shape index (κ2) is 4.55. The minimum atomic E-state index is -0.132. The lowest BCUT2D eigenvalue weighted by molar-refractivity contribution is -0.120. The number of nitrogens with zero attached hydrogens (tertiary/aromatic N) is 1. The zero-order valence-corrected chi connectivity index (χ0v) is 12.7. The Hall–Kier alpha value is -1.51. The van der Waals surface area contributed by atoms with Crippen molar-refractivity contribution < 1.29 is 4.79 Å². The van der Waals surface area contributed by atoms with E-state index in [2.05, 4.69) is 52.1 Å². The lowest BCUT2D eigenvalue weighted by Crippen LogP contribution is -2.47. The minimum Gasteiger partial charge on any atom is -0.372 e. The van der Waals surface area contributed by atoms with Gasteiger partial charge in [-0.3, -0.25) is 4.79 Å². The van der Waals surface area contributed by atoms with E-state index in [-0.39, 0.29) is 23.3 Å². The fraction of sp³-hybridized carbons (Fsp3) is 0.562. The third-order valence-corrected chi connectivity index (χ3v) is 3.80. The highest BCUT2D eigenvalue weighted by Gasteiger charge is 2.32. The quantitative estimate of drug-likeness (QED) is 0.839. The fourth-order valence-corrected chi connectivity index (χ4v) is 2.42. The maximum Gasteiger partial charge on any atom is 0.249 e. The summed E-state index contributed by atoms with van der Waals surface area (Å²) < 4.78 is 0. The molecule has 3 nitrogen and oxygen atoms in total. The van der Waals surface area contributed by atoms with E-state index in [0.717, 1.165) is 11.4 Å². The number of carbonyl (C=O) groups is 1. The first-order chi connectivity index (χ1) is 8.71. The Morgan fingerprint density at radius 2 is 1.89 bits per heavy atom. The summed E-state index contributed by atoms with van der Waals surface area (Å²) in [4.78, 5) is 14.0. The first-order valence-electron chi connectivity index (χ1n) is 6.90. The number of amides is 1. The number of fused-ring (bicyclic) bond motifs is 1. The predicted octanol–water partition coefficient (Wildman–Crippen LogP) is 3.40. The molecule has 1 amide bonds. The summed E-state index contributed by atoms with van der Waals surface area (Å²) >= 11 is 0. The molecule has 19 heavy (non-hydrogen) atoms. The maximum absolute atomic E-state index is 12.3. The van der Waals surface area contributed by atoms with Crippen LogP contribution in [0.1, 0.15) is 40.2 Å². The number of anilines is 2. The molecule has 1 aromatic carbocycles. The van der Waals surface area contributed by atoms with Crippen molar-refractivity contribution in [3.8, 4) is 0 Å². The van der Waals surface area contributed by atoms with Crippen molar-refractivity contribution in [2.24, 2.45) is 5.92 Å². The molecular weight excluding hydrogens is 236 g/mol. The van der Waals surface area contributed by atoms with Crippen molar-refractivity contribution in [1.29, 1.82) is 0 Å². The molecule has 0 aliphatic carbocycles. The molecular formula is C16H24N2O. The Morgan fingerprint density at radius 1 is 1.26 bits per heavy atom. The third kappa shape index (κ3) is 2.46. The molecule has 1 atom stereocenters. The monoisotopic (exact) mass is 260 g/mol. The molecule has 2 rings (SSSR count). The van der Waals surface area contributed by atoms with Gasteiger partial charge in [0.15, 0.2) is 0 Å². The van der Waals surface area contributed by atoms with Gasteiger partial charge >= 0.3 is 0 Å². The summed E-state index contributed by atoms with van der Waals surface area (Å²) in [7, 11) is 1.86. The highest BCUT2D eigenvalue weighted by Crippen LogP contribution is 2.36. The molecule has 3 heteroatoms. The molecule has 0 spiro atoms. The van der Waals surface area contributed by atoms with Crippen LogP contribution < -0.4 is 10.2 Å². The van der Waals surface area contributed by atoms with Gasteiger partial charge in [-0.1, -0.05) is 40.7 Å². The van der Waals surface area contributed by atoms with E-state index in [1.807, 2.05) is 13.1 Å². The van der Waals surface area contributed by atoms with Crippen LogP contribution in [-0.2, 0) is 10.2 Å².